The number of imide groups is 1. The average Bonchev–Trinajstić information content (AvgIpc) is 3.52. The van der Waals surface area contributed by atoms with E-state index < -0.39 is 17.9 Å². The van der Waals surface area contributed by atoms with Crippen LogP contribution in [0.5, 0.6) is 0 Å². The normalized spacial score (nSPS) is 30.4. The van der Waals surface area contributed by atoms with Gasteiger partial charge in [-0.2, -0.15) is 0 Å². The molecule has 0 bridgehead atoms. The standard InChI is InChI=1S/C26H24N2O4/c29-24(17-8-2-1-3-9-17)23-22-21(20-13-12-16-7-4-5-11-19(16)28(20)23)25(30)27(26(22)31)15-18-10-6-14-32-18/h1-5,7-9,11-13,18,20-23H,6,10,14-15H2/t18-,20+,21+,22+,23+/m0/s1. The second-order valence-corrected chi connectivity index (χ2v) is 8.96. The van der Waals surface area contributed by atoms with Gasteiger partial charge in [0.1, 0.15) is 6.04 Å². The third-order valence-electron chi connectivity index (χ3n) is 7.24. The Morgan fingerprint density at radius 1 is 0.969 bits per heavy atom. The monoisotopic (exact) mass is 428 g/mol. The van der Waals surface area contributed by atoms with Gasteiger partial charge in [0.25, 0.3) is 0 Å². The first-order valence-corrected chi connectivity index (χ1v) is 11.3. The van der Waals surface area contributed by atoms with Crippen molar-refractivity contribution in [2.24, 2.45) is 11.8 Å². The Hall–Kier alpha value is -3.25. The molecule has 0 saturated carbocycles. The number of fused-ring (bicyclic) bond motifs is 5. The number of carbonyl (C=O) groups is 3. The lowest BCUT2D eigenvalue weighted by Gasteiger charge is -2.36. The van der Waals surface area contributed by atoms with Gasteiger partial charge in [-0.1, -0.05) is 60.7 Å². The fourth-order valence-corrected chi connectivity index (χ4v) is 5.82. The smallest absolute Gasteiger partial charge is 0.235 e. The Morgan fingerprint density at radius 3 is 2.50 bits per heavy atom. The molecule has 3 saturated heterocycles. The lowest BCUT2D eigenvalue weighted by molar-refractivity contribution is -0.142. The molecule has 0 aliphatic carbocycles. The van der Waals surface area contributed by atoms with Crippen LogP contribution in [-0.4, -0.2) is 53.8 Å². The van der Waals surface area contributed by atoms with Gasteiger partial charge in [-0.05, 0) is 24.5 Å². The summed E-state index contributed by atoms with van der Waals surface area (Å²) < 4.78 is 5.69. The summed E-state index contributed by atoms with van der Waals surface area (Å²) in [6.07, 6.45) is 5.67. The van der Waals surface area contributed by atoms with Crippen LogP contribution in [0.3, 0.4) is 0 Å². The van der Waals surface area contributed by atoms with Gasteiger partial charge in [0.2, 0.25) is 11.8 Å². The van der Waals surface area contributed by atoms with Crippen molar-refractivity contribution in [2.45, 2.75) is 31.0 Å². The molecule has 0 N–H and O–H groups in total. The van der Waals surface area contributed by atoms with Crippen LogP contribution in [0.2, 0.25) is 0 Å². The Kier molecular flexibility index (Phi) is 4.50. The van der Waals surface area contributed by atoms with E-state index in [1.54, 1.807) is 12.1 Å². The molecular formula is C26H24N2O4. The summed E-state index contributed by atoms with van der Waals surface area (Å²) in [6, 6.07) is 15.9. The first-order valence-electron chi connectivity index (χ1n) is 11.3. The minimum atomic E-state index is -0.718. The second-order valence-electron chi connectivity index (χ2n) is 8.96. The topological polar surface area (TPSA) is 66.9 Å². The van der Waals surface area contributed by atoms with Crippen LogP contribution in [0.1, 0.15) is 28.8 Å². The maximum absolute atomic E-state index is 13.8. The van der Waals surface area contributed by atoms with E-state index in [0.717, 1.165) is 24.1 Å². The van der Waals surface area contributed by atoms with Crippen LogP contribution in [0.4, 0.5) is 5.69 Å². The summed E-state index contributed by atoms with van der Waals surface area (Å²) in [7, 11) is 0. The van der Waals surface area contributed by atoms with E-state index in [0.29, 0.717) is 12.2 Å². The molecule has 32 heavy (non-hydrogen) atoms. The molecule has 4 aliphatic rings. The highest BCUT2D eigenvalue weighted by atomic mass is 16.5. The zero-order valence-corrected chi connectivity index (χ0v) is 17.6. The Bertz CT molecular complexity index is 1120. The number of likely N-dealkylation sites (tertiary alicyclic amines) is 1. The molecule has 0 radical (unpaired) electrons. The largest absolute Gasteiger partial charge is 0.376 e. The van der Waals surface area contributed by atoms with Gasteiger partial charge in [-0.25, -0.2) is 0 Å². The molecule has 162 valence electrons. The molecule has 2 aromatic carbocycles. The summed E-state index contributed by atoms with van der Waals surface area (Å²) >= 11 is 0. The molecule has 0 spiro atoms. The molecular weight excluding hydrogens is 404 g/mol. The molecule has 5 atom stereocenters. The summed E-state index contributed by atoms with van der Waals surface area (Å²) in [4.78, 5) is 44.3. The van der Waals surface area contributed by atoms with Gasteiger partial charge in [0, 0.05) is 17.9 Å². The Labute approximate surface area is 186 Å². The van der Waals surface area contributed by atoms with Gasteiger partial charge in [-0.3, -0.25) is 19.3 Å². The van der Waals surface area contributed by atoms with Crippen molar-refractivity contribution in [3.8, 4) is 0 Å². The van der Waals surface area contributed by atoms with Gasteiger partial charge < -0.3 is 9.64 Å². The van der Waals surface area contributed by atoms with Gasteiger partial charge in [-0.15, -0.1) is 0 Å². The van der Waals surface area contributed by atoms with Gasteiger partial charge in [0.15, 0.2) is 5.78 Å². The van der Waals surface area contributed by atoms with Crippen molar-refractivity contribution in [2.75, 3.05) is 18.1 Å². The summed E-state index contributed by atoms with van der Waals surface area (Å²) in [5.41, 5.74) is 2.45. The highest BCUT2D eigenvalue weighted by molar-refractivity contribution is 6.14. The number of benzene rings is 2. The predicted octanol–water partition coefficient (Wildman–Crippen LogP) is 2.93. The average molecular weight is 428 g/mol. The van der Waals surface area contributed by atoms with E-state index in [1.807, 2.05) is 59.5 Å². The number of ketones is 1. The van der Waals surface area contributed by atoms with Crippen LogP contribution in [0.25, 0.3) is 6.08 Å². The summed E-state index contributed by atoms with van der Waals surface area (Å²) in [5, 5.41) is 0. The number of Topliss-reactive ketones (excluding diaryl/α,β-unsaturated/α-hetero) is 1. The van der Waals surface area contributed by atoms with E-state index in [9.17, 15) is 14.4 Å². The highest BCUT2D eigenvalue weighted by Crippen LogP contribution is 2.49. The molecule has 4 aliphatic heterocycles. The van der Waals surface area contributed by atoms with Crippen LogP contribution < -0.4 is 4.90 Å². The number of amides is 2. The molecule has 2 aromatic rings. The fourth-order valence-electron chi connectivity index (χ4n) is 5.82. The third kappa shape index (κ3) is 2.79. The van der Waals surface area contributed by atoms with Crippen molar-refractivity contribution >= 4 is 29.4 Å². The van der Waals surface area contributed by atoms with Crippen molar-refractivity contribution in [3.05, 3.63) is 71.8 Å². The Morgan fingerprint density at radius 2 is 1.72 bits per heavy atom. The lowest BCUT2D eigenvalue weighted by Crippen LogP contribution is -2.49. The van der Waals surface area contributed by atoms with Crippen LogP contribution in [0, 0.1) is 11.8 Å². The number of para-hydroxylation sites is 1. The van der Waals surface area contributed by atoms with E-state index in [-0.39, 0.29) is 36.3 Å². The SMILES string of the molecule is O=C(c1ccccc1)[C@H]1[C@@H]2C(=O)N(C[C@@H]3CCCO3)C(=O)[C@@H]2[C@H]2C=Cc3ccccc3N21. The summed E-state index contributed by atoms with van der Waals surface area (Å²) in [6.45, 7) is 0.947. The van der Waals surface area contributed by atoms with Crippen LogP contribution in [0.15, 0.2) is 60.7 Å². The number of ether oxygens (including phenoxy) is 1. The third-order valence-corrected chi connectivity index (χ3v) is 7.24. The molecule has 6 rings (SSSR count). The minimum Gasteiger partial charge on any atom is -0.376 e. The van der Waals surface area contributed by atoms with Gasteiger partial charge >= 0.3 is 0 Å². The number of hydrogen-bond acceptors (Lipinski definition) is 5. The number of carbonyl (C=O) groups excluding carboxylic acids is 3. The first-order chi connectivity index (χ1) is 15.6. The van der Waals surface area contributed by atoms with Crippen LogP contribution in [-0.2, 0) is 14.3 Å². The number of rotatable bonds is 4. The summed E-state index contributed by atoms with van der Waals surface area (Å²) in [5.74, 6) is -1.81. The number of hydrogen-bond donors (Lipinski definition) is 0. The van der Waals surface area contributed by atoms with Crippen LogP contribution >= 0.6 is 0 Å². The van der Waals surface area contributed by atoms with Crippen molar-refractivity contribution < 1.29 is 19.1 Å². The molecule has 2 amide bonds. The quantitative estimate of drug-likeness (QED) is 0.553. The molecule has 6 heteroatoms. The van der Waals surface area contributed by atoms with E-state index in [2.05, 4.69) is 0 Å². The molecule has 4 heterocycles. The zero-order valence-electron chi connectivity index (χ0n) is 17.6. The minimum absolute atomic E-state index is 0.108. The van der Waals surface area contributed by atoms with Crippen molar-refractivity contribution in [3.63, 3.8) is 0 Å². The fraction of sp³-hybridized carbons (Fsp3) is 0.346. The van der Waals surface area contributed by atoms with E-state index in [4.69, 9.17) is 4.74 Å². The first kappa shape index (κ1) is 19.4. The highest BCUT2D eigenvalue weighted by Gasteiger charge is 2.64. The Balaban J connectivity index is 1.43. The molecule has 3 fully saturated rings. The van der Waals surface area contributed by atoms with E-state index in [1.165, 1.54) is 4.90 Å². The van der Waals surface area contributed by atoms with Crippen molar-refractivity contribution in [1.29, 1.82) is 0 Å². The molecule has 6 nitrogen and oxygen atoms in total. The number of nitrogens with zero attached hydrogens (tertiary/aromatic N) is 2. The number of anilines is 1. The zero-order chi connectivity index (χ0) is 21.8. The van der Waals surface area contributed by atoms with Gasteiger partial charge in [0.05, 0.1) is 30.5 Å². The maximum Gasteiger partial charge on any atom is 0.235 e. The molecule has 0 aromatic heterocycles. The predicted molar refractivity (Wildman–Crippen MR) is 119 cm³/mol. The molecule has 0 unspecified atom stereocenters. The van der Waals surface area contributed by atoms with E-state index >= 15 is 0 Å². The maximum atomic E-state index is 13.8. The lowest BCUT2D eigenvalue weighted by atomic mass is 9.86. The second kappa shape index (κ2) is 7.41. The van der Waals surface area contributed by atoms with Crippen molar-refractivity contribution in [1.82, 2.24) is 4.90 Å².